The SMILES string of the molecule is Cc1ccc(S(=O)(=O)Nc2ccc(C(=O)O)c([O-])c2)cc1[N+](=O)[O-]. The highest BCUT2D eigenvalue weighted by atomic mass is 32.2. The molecule has 2 rings (SSSR count). The Balaban J connectivity index is 2.39. The van der Waals surface area contributed by atoms with Crippen LogP contribution < -0.4 is 9.83 Å². The molecule has 0 heterocycles. The number of carboxylic acids is 1. The van der Waals surface area contributed by atoms with E-state index in [0.717, 1.165) is 24.3 Å². The van der Waals surface area contributed by atoms with Crippen LogP contribution in [0.4, 0.5) is 11.4 Å². The summed E-state index contributed by atoms with van der Waals surface area (Å²) in [5.74, 6) is -2.29. The van der Waals surface area contributed by atoms with E-state index in [9.17, 15) is 28.4 Å². The Bertz CT molecular complexity index is 938. The quantitative estimate of drug-likeness (QED) is 0.611. The van der Waals surface area contributed by atoms with Crippen molar-refractivity contribution in [1.29, 1.82) is 0 Å². The average Bonchev–Trinajstić information content (AvgIpc) is 2.46. The minimum atomic E-state index is -4.18. The minimum Gasteiger partial charge on any atom is -0.872 e. The topological polar surface area (TPSA) is 150 Å². The minimum absolute atomic E-state index is 0.145. The predicted octanol–water partition coefficient (Wildman–Crippen LogP) is 1.48. The van der Waals surface area contributed by atoms with E-state index in [2.05, 4.69) is 4.72 Å². The number of sulfonamides is 1. The van der Waals surface area contributed by atoms with E-state index < -0.39 is 32.2 Å². The molecule has 0 radical (unpaired) electrons. The number of carboxylic acid groups (broad SMARTS) is 1. The first-order valence-corrected chi connectivity index (χ1v) is 7.92. The molecule has 0 aliphatic carbocycles. The maximum absolute atomic E-state index is 12.3. The highest BCUT2D eigenvalue weighted by Gasteiger charge is 2.20. The van der Waals surface area contributed by atoms with Crippen LogP contribution in [0.15, 0.2) is 41.3 Å². The first-order valence-electron chi connectivity index (χ1n) is 6.44. The van der Waals surface area contributed by atoms with E-state index in [1.807, 2.05) is 0 Å². The molecular formula is C14H11N2O7S-. The molecule has 2 aromatic rings. The Morgan fingerprint density at radius 3 is 2.42 bits per heavy atom. The second kappa shape index (κ2) is 6.16. The maximum atomic E-state index is 12.3. The van der Waals surface area contributed by atoms with Crippen LogP contribution in [-0.4, -0.2) is 24.4 Å². The van der Waals surface area contributed by atoms with Crippen molar-refractivity contribution in [3.63, 3.8) is 0 Å². The number of nitrogens with zero attached hydrogens (tertiary/aromatic N) is 1. The molecule has 2 aromatic carbocycles. The zero-order valence-corrected chi connectivity index (χ0v) is 13.0. The Labute approximate surface area is 136 Å². The number of hydrogen-bond donors (Lipinski definition) is 2. The van der Waals surface area contributed by atoms with Crippen LogP contribution >= 0.6 is 0 Å². The van der Waals surface area contributed by atoms with Gasteiger partial charge in [-0.2, -0.15) is 0 Å². The molecule has 0 atom stereocenters. The van der Waals surface area contributed by atoms with Gasteiger partial charge < -0.3 is 10.2 Å². The van der Waals surface area contributed by atoms with Crippen molar-refractivity contribution >= 4 is 27.4 Å². The number of rotatable bonds is 5. The number of nitro groups is 1. The van der Waals surface area contributed by atoms with Crippen molar-refractivity contribution in [2.75, 3.05) is 4.72 Å². The van der Waals surface area contributed by atoms with E-state index in [1.54, 1.807) is 0 Å². The summed E-state index contributed by atoms with van der Waals surface area (Å²) in [6.07, 6.45) is 0. The summed E-state index contributed by atoms with van der Waals surface area (Å²) in [6.45, 7) is 1.47. The number of anilines is 1. The van der Waals surface area contributed by atoms with Gasteiger partial charge in [0.15, 0.2) is 0 Å². The maximum Gasteiger partial charge on any atom is 0.335 e. The third-order valence-electron chi connectivity index (χ3n) is 3.15. The number of carbonyl (C=O) groups is 1. The lowest BCUT2D eigenvalue weighted by atomic mass is 10.2. The third kappa shape index (κ3) is 3.43. The summed E-state index contributed by atoms with van der Waals surface area (Å²) in [5.41, 5.74) is -0.702. The molecule has 0 aromatic heterocycles. The van der Waals surface area contributed by atoms with Gasteiger partial charge in [-0.05, 0) is 31.2 Å². The molecule has 126 valence electrons. The van der Waals surface area contributed by atoms with Gasteiger partial charge in [-0.3, -0.25) is 14.8 Å². The Hall–Kier alpha value is -3.14. The average molecular weight is 351 g/mol. The number of nitro benzene ring substituents is 1. The molecule has 0 bridgehead atoms. The van der Waals surface area contributed by atoms with Crippen LogP contribution in [0.25, 0.3) is 0 Å². The fourth-order valence-corrected chi connectivity index (χ4v) is 3.00. The van der Waals surface area contributed by atoms with E-state index in [4.69, 9.17) is 5.11 Å². The summed E-state index contributed by atoms with van der Waals surface area (Å²) in [7, 11) is -4.18. The van der Waals surface area contributed by atoms with Crippen LogP contribution in [0.1, 0.15) is 15.9 Å². The van der Waals surface area contributed by atoms with Gasteiger partial charge in [0.25, 0.3) is 15.7 Å². The number of nitrogens with one attached hydrogen (secondary N) is 1. The molecule has 9 nitrogen and oxygen atoms in total. The number of aromatic carboxylic acids is 1. The molecule has 0 fully saturated rings. The summed E-state index contributed by atoms with van der Waals surface area (Å²) >= 11 is 0. The van der Waals surface area contributed by atoms with Crippen molar-refractivity contribution in [3.05, 3.63) is 57.6 Å². The van der Waals surface area contributed by atoms with E-state index in [0.29, 0.717) is 5.56 Å². The summed E-state index contributed by atoms with van der Waals surface area (Å²) < 4.78 is 26.6. The van der Waals surface area contributed by atoms with Gasteiger partial charge in [0, 0.05) is 17.3 Å². The monoisotopic (exact) mass is 351 g/mol. The predicted molar refractivity (Wildman–Crippen MR) is 81.5 cm³/mol. The number of hydrogen-bond acceptors (Lipinski definition) is 6. The van der Waals surface area contributed by atoms with Crippen molar-refractivity contribution in [1.82, 2.24) is 0 Å². The van der Waals surface area contributed by atoms with Gasteiger partial charge in [0.2, 0.25) is 0 Å². The van der Waals surface area contributed by atoms with Crippen molar-refractivity contribution in [2.24, 2.45) is 0 Å². The lowest BCUT2D eigenvalue weighted by Crippen LogP contribution is -2.14. The molecule has 0 aliphatic rings. The Kier molecular flexibility index (Phi) is 4.42. The molecular weight excluding hydrogens is 340 g/mol. The fraction of sp³-hybridized carbons (Fsp3) is 0.0714. The highest BCUT2D eigenvalue weighted by molar-refractivity contribution is 7.92. The first-order chi connectivity index (χ1) is 11.1. The summed E-state index contributed by atoms with van der Waals surface area (Å²) in [5, 5.41) is 31.3. The van der Waals surface area contributed by atoms with Crippen LogP contribution in [0.2, 0.25) is 0 Å². The largest absolute Gasteiger partial charge is 0.872 e. The van der Waals surface area contributed by atoms with Gasteiger partial charge >= 0.3 is 5.97 Å². The molecule has 10 heteroatoms. The molecule has 0 unspecified atom stereocenters. The highest BCUT2D eigenvalue weighted by Crippen LogP contribution is 2.25. The van der Waals surface area contributed by atoms with Crippen LogP contribution in [-0.2, 0) is 10.0 Å². The second-order valence-corrected chi connectivity index (χ2v) is 6.51. The van der Waals surface area contributed by atoms with Gasteiger partial charge in [-0.25, -0.2) is 13.2 Å². The molecule has 0 aliphatic heterocycles. The Morgan fingerprint density at radius 2 is 1.88 bits per heavy atom. The normalized spacial score (nSPS) is 11.0. The van der Waals surface area contributed by atoms with Crippen LogP contribution in [0.3, 0.4) is 0 Å². The lowest BCUT2D eigenvalue weighted by molar-refractivity contribution is -0.385. The van der Waals surface area contributed by atoms with Crippen molar-refractivity contribution in [3.8, 4) is 5.75 Å². The molecule has 0 spiro atoms. The van der Waals surface area contributed by atoms with E-state index in [1.165, 1.54) is 19.1 Å². The molecule has 2 N–H and O–H groups in total. The van der Waals surface area contributed by atoms with Crippen molar-refractivity contribution in [2.45, 2.75) is 11.8 Å². The second-order valence-electron chi connectivity index (χ2n) is 4.83. The molecule has 24 heavy (non-hydrogen) atoms. The van der Waals surface area contributed by atoms with Gasteiger partial charge in [0.05, 0.1) is 15.4 Å². The first kappa shape index (κ1) is 17.2. The fourth-order valence-electron chi connectivity index (χ4n) is 1.93. The lowest BCUT2D eigenvalue weighted by Gasteiger charge is -2.14. The Morgan fingerprint density at radius 1 is 1.21 bits per heavy atom. The number of aryl methyl sites for hydroxylation is 1. The van der Waals surface area contributed by atoms with Gasteiger partial charge in [0.1, 0.15) is 0 Å². The molecule has 0 amide bonds. The van der Waals surface area contributed by atoms with Gasteiger partial charge in [-0.1, -0.05) is 11.8 Å². The van der Waals surface area contributed by atoms with E-state index >= 15 is 0 Å². The van der Waals surface area contributed by atoms with Crippen LogP contribution in [0.5, 0.6) is 5.75 Å². The smallest absolute Gasteiger partial charge is 0.335 e. The zero-order chi connectivity index (χ0) is 18.1. The third-order valence-corrected chi connectivity index (χ3v) is 4.53. The van der Waals surface area contributed by atoms with Crippen molar-refractivity contribution < 1.29 is 28.3 Å². The summed E-state index contributed by atoms with van der Waals surface area (Å²) in [6, 6.07) is 6.30. The molecule has 0 saturated carbocycles. The zero-order valence-electron chi connectivity index (χ0n) is 12.2. The van der Waals surface area contributed by atoms with Crippen LogP contribution in [0, 0.1) is 17.0 Å². The number of benzene rings is 2. The summed E-state index contributed by atoms with van der Waals surface area (Å²) in [4.78, 5) is 20.6. The molecule has 0 saturated heterocycles. The van der Waals surface area contributed by atoms with Gasteiger partial charge in [-0.15, -0.1) is 0 Å². The van der Waals surface area contributed by atoms with E-state index in [-0.39, 0.29) is 16.3 Å². The standard InChI is InChI=1S/C14H12N2O7S/c1-8-2-4-10(7-12(8)16(20)21)24(22,23)15-9-3-5-11(14(18)19)13(17)6-9/h2-7,15,17H,1H3,(H,18,19)/p-1.